The van der Waals surface area contributed by atoms with E-state index in [0.29, 0.717) is 6.32 Å². The van der Waals surface area contributed by atoms with Crippen molar-refractivity contribution < 1.29 is 9.31 Å². The highest BCUT2D eigenvalue weighted by molar-refractivity contribution is 6.46. The third kappa shape index (κ3) is 2.17. The van der Waals surface area contributed by atoms with Gasteiger partial charge in [-0.05, 0) is 27.7 Å². The first-order valence-electron chi connectivity index (χ1n) is 4.79. The van der Waals surface area contributed by atoms with Crippen molar-refractivity contribution in [2.24, 2.45) is 0 Å². The van der Waals surface area contributed by atoms with Crippen LogP contribution in [0.15, 0.2) is 12.2 Å². The lowest BCUT2D eigenvalue weighted by Gasteiger charge is -2.32. The molecule has 0 amide bonds. The molecule has 0 bridgehead atoms. The van der Waals surface area contributed by atoms with Gasteiger partial charge >= 0.3 is 7.12 Å². The number of rotatable bonds is 2. The first-order chi connectivity index (χ1) is 6.39. The van der Waals surface area contributed by atoms with E-state index in [2.05, 4.69) is 0 Å². The maximum atomic E-state index is 8.33. The Labute approximate surface area is 85.8 Å². The monoisotopic (exact) mass is 193 g/mol. The summed E-state index contributed by atoms with van der Waals surface area (Å²) < 4.78 is 11.5. The second-order valence-corrected chi connectivity index (χ2v) is 4.45. The van der Waals surface area contributed by atoms with Crippen molar-refractivity contribution in [3.63, 3.8) is 0 Å². The van der Waals surface area contributed by atoms with Crippen molar-refractivity contribution >= 4 is 7.12 Å². The molecule has 0 aliphatic carbocycles. The molecule has 0 atom stereocenters. The van der Waals surface area contributed by atoms with Crippen LogP contribution in [-0.2, 0) is 9.31 Å². The predicted octanol–water partition coefficient (Wildman–Crippen LogP) is 2.16. The Bertz CT molecular complexity index is 262. The first kappa shape index (κ1) is 11.3. The van der Waals surface area contributed by atoms with Gasteiger partial charge in [-0.3, -0.25) is 0 Å². The van der Waals surface area contributed by atoms with Crippen molar-refractivity contribution in [2.75, 3.05) is 0 Å². The highest BCUT2D eigenvalue weighted by Crippen LogP contribution is 2.37. The summed E-state index contributed by atoms with van der Waals surface area (Å²) in [4.78, 5) is 0. The van der Waals surface area contributed by atoms with Crippen LogP contribution >= 0.6 is 0 Å². The van der Waals surface area contributed by atoms with Gasteiger partial charge in [0, 0.05) is 12.4 Å². The van der Waals surface area contributed by atoms with Crippen molar-refractivity contribution in [3.8, 4) is 6.07 Å². The molecule has 0 aromatic rings. The van der Waals surface area contributed by atoms with Gasteiger partial charge in [0.1, 0.15) is 0 Å². The molecule has 0 unspecified atom stereocenters. The van der Waals surface area contributed by atoms with Gasteiger partial charge in [0.05, 0.1) is 17.3 Å². The molecule has 1 fully saturated rings. The maximum absolute atomic E-state index is 8.33. The van der Waals surface area contributed by atoms with E-state index < -0.39 is 0 Å². The minimum atomic E-state index is -0.280. The largest absolute Gasteiger partial charge is 0.461 e. The lowest BCUT2D eigenvalue weighted by atomic mass is 9.85. The number of allylic oxidation sites excluding steroid dienone is 2. The zero-order valence-corrected chi connectivity index (χ0v) is 9.20. The number of hydrogen-bond donors (Lipinski definition) is 0. The summed E-state index contributed by atoms with van der Waals surface area (Å²) in [6, 6.07) is 1.94. The van der Waals surface area contributed by atoms with Gasteiger partial charge in [-0.1, -0.05) is 6.08 Å². The normalized spacial score (nSPS) is 24.1. The molecular weight excluding hydrogens is 177 g/mol. The number of nitriles is 1. The highest BCUT2D eigenvalue weighted by atomic mass is 16.7. The summed E-state index contributed by atoms with van der Waals surface area (Å²) in [7, 11) is -0.232. The van der Waals surface area contributed by atoms with Gasteiger partial charge in [-0.15, -0.1) is 0 Å². The average molecular weight is 193 g/mol. The maximum Gasteiger partial charge on any atom is 0.461 e. The minimum absolute atomic E-state index is 0.232. The Balaban J connectivity index is 2.56. The standard InChI is InChI=1S/C10H16BNO2/c1-9(2)10(3,4)14-11(13-9)7-5-6-8-12/h5-6H,7H2,1-4H3/b6-5-. The van der Waals surface area contributed by atoms with Crippen LogP contribution in [0.2, 0.25) is 6.32 Å². The summed E-state index contributed by atoms with van der Waals surface area (Å²) >= 11 is 0. The van der Waals surface area contributed by atoms with Gasteiger partial charge in [-0.25, -0.2) is 0 Å². The summed E-state index contributed by atoms with van der Waals surface area (Å²) in [6.07, 6.45) is 3.84. The molecule has 0 aromatic heterocycles. The van der Waals surface area contributed by atoms with Crippen LogP contribution in [0.5, 0.6) is 0 Å². The van der Waals surface area contributed by atoms with Crippen LogP contribution in [0.25, 0.3) is 0 Å². The molecule has 14 heavy (non-hydrogen) atoms. The van der Waals surface area contributed by atoms with E-state index in [1.54, 1.807) is 6.08 Å². The molecule has 0 aromatic carbocycles. The molecule has 1 aliphatic heterocycles. The average Bonchev–Trinajstić information content (AvgIpc) is 2.21. The molecule has 0 N–H and O–H groups in total. The fourth-order valence-electron chi connectivity index (χ4n) is 1.29. The molecule has 1 heterocycles. The van der Waals surface area contributed by atoms with Crippen molar-refractivity contribution in [2.45, 2.75) is 45.2 Å². The summed E-state index contributed by atoms with van der Waals surface area (Å²) in [5.41, 5.74) is -0.559. The number of hydrogen-bond acceptors (Lipinski definition) is 3. The van der Waals surface area contributed by atoms with Crippen LogP contribution in [0.4, 0.5) is 0 Å². The predicted molar refractivity (Wildman–Crippen MR) is 55.6 cm³/mol. The van der Waals surface area contributed by atoms with Crippen LogP contribution in [0, 0.1) is 11.3 Å². The van der Waals surface area contributed by atoms with Crippen LogP contribution in [-0.4, -0.2) is 18.3 Å². The van der Waals surface area contributed by atoms with E-state index in [1.165, 1.54) is 6.08 Å². The second-order valence-electron chi connectivity index (χ2n) is 4.45. The quantitative estimate of drug-likeness (QED) is 0.498. The Morgan fingerprint density at radius 2 is 1.71 bits per heavy atom. The van der Waals surface area contributed by atoms with Crippen LogP contribution in [0.1, 0.15) is 27.7 Å². The molecule has 76 valence electrons. The van der Waals surface area contributed by atoms with Crippen LogP contribution < -0.4 is 0 Å². The summed E-state index contributed by atoms with van der Waals surface area (Å²) in [6.45, 7) is 8.06. The Hall–Kier alpha value is -0.785. The van der Waals surface area contributed by atoms with E-state index in [9.17, 15) is 0 Å². The Kier molecular flexibility index (Phi) is 3.03. The van der Waals surface area contributed by atoms with Gasteiger partial charge in [0.2, 0.25) is 0 Å². The summed E-state index contributed by atoms with van der Waals surface area (Å²) in [5, 5.41) is 8.33. The molecule has 0 spiro atoms. The molecule has 3 nitrogen and oxygen atoms in total. The zero-order valence-electron chi connectivity index (χ0n) is 9.20. The molecule has 1 rings (SSSR count). The molecular formula is C10H16BNO2. The Morgan fingerprint density at radius 1 is 1.21 bits per heavy atom. The van der Waals surface area contributed by atoms with E-state index in [0.717, 1.165) is 0 Å². The third-order valence-electron chi connectivity index (χ3n) is 2.82. The van der Waals surface area contributed by atoms with E-state index in [4.69, 9.17) is 14.6 Å². The van der Waals surface area contributed by atoms with Gasteiger partial charge < -0.3 is 9.31 Å². The number of nitrogens with zero attached hydrogens (tertiary/aromatic N) is 1. The van der Waals surface area contributed by atoms with Gasteiger partial charge in [0.15, 0.2) is 0 Å². The van der Waals surface area contributed by atoms with E-state index in [-0.39, 0.29) is 18.3 Å². The highest BCUT2D eigenvalue weighted by Gasteiger charge is 2.50. The fourth-order valence-corrected chi connectivity index (χ4v) is 1.29. The molecule has 0 saturated carbocycles. The van der Waals surface area contributed by atoms with Crippen molar-refractivity contribution in [1.82, 2.24) is 0 Å². The first-order valence-corrected chi connectivity index (χ1v) is 4.79. The smallest absolute Gasteiger partial charge is 0.403 e. The van der Waals surface area contributed by atoms with Crippen molar-refractivity contribution in [1.29, 1.82) is 5.26 Å². The van der Waals surface area contributed by atoms with Gasteiger partial charge in [0.25, 0.3) is 0 Å². The lowest BCUT2D eigenvalue weighted by Crippen LogP contribution is -2.41. The molecule has 1 saturated heterocycles. The SMILES string of the molecule is CC1(C)OB(C/C=C\C#N)OC1(C)C. The van der Waals surface area contributed by atoms with E-state index in [1.807, 2.05) is 33.8 Å². The van der Waals surface area contributed by atoms with Gasteiger partial charge in [-0.2, -0.15) is 5.26 Å². The topological polar surface area (TPSA) is 42.2 Å². The van der Waals surface area contributed by atoms with Crippen LogP contribution in [0.3, 0.4) is 0 Å². The van der Waals surface area contributed by atoms with E-state index >= 15 is 0 Å². The lowest BCUT2D eigenvalue weighted by molar-refractivity contribution is 0.00578. The summed E-state index contributed by atoms with van der Waals surface area (Å²) in [5.74, 6) is 0. The van der Waals surface area contributed by atoms with Crippen molar-refractivity contribution in [3.05, 3.63) is 12.2 Å². The molecule has 0 radical (unpaired) electrons. The fraction of sp³-hybridized carbons (Fsp3) is 0.700. The Morgan fingerprint density at radius 3 is 2.14 bits per heavy atom. The third-order valence-corrected chi connectivity index (χ3v) is 2.82. The minimum Gasteiger partial charge on any atom is -0.403 e. The molecule has 1 aliphatic rings. The molecule has 4 heteroatoms. The zero-order chi connectivity index (χ0) is 10.8. The second kappa shape index (κ2) is 3.76.